The average molecular weight is 435 g/mol. The van der Waals surface area contributed by atoms with Crippen molar-refractivity contribution in [1.82, 2.24) is 4.57 Å². The van der Waals surface area contributed by atoms with Gasteiger partial charge in [-0.3, -0.25) is 14.7 Å². The van der Waals surface area contributed by atoms with Crippen LogP contribution in [-0.2, 0) is 11.2 Å². The molecule has 0 spiro atoms. The number of hydrogen-bond donors (Lipinski definition) is 0. The fraction of sp³-hybridized carbons (Fsp3) is 0.125. The van der Waals surface area contributed by atoms with Crippen molar-refractivity contribution in [3.05, 3.63) is 105 Å². The van der Waals surface area contributed by atoms with Gasteiger partial charge in [0.2, 0.25) is 0 Å². The molecule has 0 aliphatic carbocycles. The lowest BCUT2D eigenvalue weighted by molar-refractivity contribution is -0.384. The number of nitrogens with zero attached hydrogens (tertiary/aromatic N) is 2. The molecule has 4 rings (SSSR count). The number of fused-ring (bicyclic) bond motifs is 1. The molecule has 0 unspecified atom stereocenters. The Bertz CT molecular complexity index is 1280. The predicted molar refractivity (Wildman–Crippen MR) is 120 cm³/mol. The summed E-state index contributed by atoms with van der Waals surface area (Å²) in [5.41, 5.74) is 2.79. The molecule has 31 heavy (non-hydrogen) atoms. The van der Waals surface area contributed by atoms with Crippen molar-refractivity contribution in [3.63, 3.8) is 0 Å². The number of rotatable bonds is 6. The smallest absolute Gasteiger partial charge is 0.355 e. The van der Waals surface area contributed by atoms with Crippen molar-refractivity contribution in [2.45, 2.75) is 13.3 Å². The second-order valence-corrected chi connectivity index (χ2v) is 7.39. The third-order valence-corrected chi connectivity index (χ3v) is 5.28. The number of carbonyl (C=O) groups is 1. The molecule has 1 aromatic heterocycles. The number of para-hydroxylation sites is 1. The molecule has 0 bridgehead atoms. The van der Waals surface area contributed by atoms with Gasteiger partial charge in [0, 0.05) is 22.9 Å². The lowest BCUT2D eigenvalue weighted by atomic mass is 10.0. The lowest BCUT2D eigenvalue weighted by Gasteiger charge is -2.12. The van der Waals surface area contributed by atoms with Crippen molar-refractivity contribution in [3.8, 4) is 5.69 Å². The molecule has 0 aliphatic rings. The summed E-state index contributed by atoms with van der Waals surface area (Å²) in [7, 11) is 0. The van der Waals surface area contributed by atoms with Crippen LogP contribution in [0.25, 0.3) is 16.6 Å². The van der Waals surface area contributed by atoms with Crippen LogP contribution in [-0.4, -0.2) is 22.1 Å². The molecule has 3 aromatic carbocycles. The first-order valence-electron chi connectivity index (χ1n) is 9.79. The second kappa shape index (κ2) is 8.62. The minimum atomic E-state index is -0.533. The van der Waals surface area contributed by atoms with E-state index in [2.05, 4.69) is 0 Å². The van der Waals surface area contributed by atoms with Crippen LogP contribution in [0.2, 0.25) is 5.02 Å². The van der Waals surface area contributed by atoms with E-state index in [4.69, 9.17) is 16.3 Å². The normalized spacial score (nSPS) is 10.9. The molecule has 0 N–H and O–H groups in total. The minimum absolute atomic E-state index is 0.188. The third-order valence-electron chi connectivity index (χ3n) is 5.05. The molecular formula is C24H19ClN2O4. The SMILES string of the molecule is CCOC(=O)c1c(Cc2ccccc2)c2ccccc2n1-c1ccc(Cl)cc1[N+](=O)[O-]. The summed E-state index contributed by atoms with van der Waals surface area (Å²) in [5.74, 6) is -0.533. The Hall–Kier alpha value is -3.64. The van der Waals surface area contributed by atoms with Gasteiger partial charge in [0.15, 0.2) is 0 Å². The van der Waals surface area contributed by atoms with Crippen molar-refractivity contribution >= 4 is 34.2 Å². The number of hydrogen-bond acceptors (Lipinski definition) is 4. The Morgan fingerprint density at radius 3 is 2.48 bits per heavy atom. The summed E-state index contributed by atoms with van der Waals surface area (Å²) in [6.07, 6.45) is 0.476. The van der Waals surface area contributed by atoms with E-state index < -0.39 is 10.9 Å². The fourth-order valence-corrected chi connectivity index (χ4v) is 3.95. The molecule has 0 saturated carbocycles. The summed E-state index contributed by atoms with van der Waals surface area (Å²) in [6, 6.07) is 21.6. The Morgan fingerprint density at radius 2 is 1.77 bits per heavy atom. The fourth-order valence-electron chi connectivity index (χ4n) is 3.78. The van der Waals surface area contributed by atoms with E-state index in [1.807, 2.05) is 54.6 Å². The zero-order valence-corrected chi connectivity index (χ0v) is 17.5. The molecule has 6 nitrogen and oxygen atoms in total. The number of aromatic nitrogens is 1. The molecule has 0 amide bonds. The van der Waals surface area contributed by atoms with Crippen LogP contribution < -0.4 is 0 Å². The van der Waals surface area contributed by atoms with Crippen molar-refractivity contribution in [2.24, 2.45) is 0 Å². The van der Waals surface area contributed by atoms with Crippen LogP contribution >= 0.6 is 11.6 Å². The van der Waals surface area contributed by atoms with Gasteiger partial charge in [0.25, 0.3) is 5.69 Å². The minimum Gasteiger partial charge on any atom is -0.461 e. The molecule has 0 radical (unpaired) electrons. The van der Waals surface area contributed by atoms with Crippen molar-refractivity contribution in [1.29, 1.82) is 0 Å². The number of halogens is 1. The highest BCUT2D eigenvalue weighted by molar-refractivity contribution is 6.30. The maximum absolute atomic E-state index is 13.1. The van der Waals surface area contributed by atoms with Gasteiger partial charge in [-0.25, -0.2) is 4.79 Å². The molecule has 0 atom stereocenters. The van der Waals surface area contributed by atoms with E-state index in [0.717, 1.165) is 16.5 Å². The predicted octanol–water partition coefficient (Wildman–Crippen LogP) is 5.96. The standard InChI is InChI=1S/C24H19ClN2O4/c1-2-31-24(28)23-19(14-16-8-4-3-5-9-16)18-10-6-7-11-20(18)26(23)21-13-12-17(25)15-22(21)27(29)30/h3-13,15H,2,14H2,1H3. The van der Waals surface area contributed by atoms with E-state index in [0.29, 0.717) is 11.9 Å². The second-order valence-electron chi connectivity index (χ2n) is 6.95. The van der Waals surface area contributed by atoms with Crippen molar-refractivity contribution in [2.75, 3.05) is 6.61 Å². The lowest BCUT2D eigenvalue weighted by Crippen LogP contribution is -2.14. The highest BCUT2D eigenvalue weighted by Crippen LogP contribution is 2.36. The summed E-state index contributed by atoms with van der Waals surface area (Å²) >= 11 is 6.03. The number of benzene rings is 3. The van der Waals surface area contributed by atoms with E-state index in [-0.39, 0.29) is 28.7 Å². The maximum Gasteiger partial charge on any atom is 0.355 e. The van der Waals surface area contributed by atoms with E-state index in [1.54, 1.807) is 23.6 Å². The maximum atomic E-state index is 13.1. The summed E-state index contributed by atoms with van der Waals surface area (Å²) < 4.78 is 6.98. The molecule has 1 heterocycles. The van der Waals surface area contributed by atoms with E-state index >= 15 is 0 Å². The topological polar surface area (TPSA) is 74.4 Å². The van der Waals surface area contributed by atoms with E-state index in [1.165, 1.54) is 6.07 Å². The average Bonchev–Trinajstić information content (AvgIpc) is 3.09. The molecule has 156 valence electrons. The van der Waals surface area contributed by atoms with Crippen LogP contribution in [0.5, 0.6) is 0 Å². The summed E-state index contributed by atoms with van der Waals surface area (Å²) in [4.78, 5) is 24.4. The van der Waals surface area contributed by atoms with Crippen LogP contribution in [0, 0.1) is 10.1 Å². The van der Waals surface area contributed by atoms with Gasteiger partial charge in [-0.1, -0.05) is 60.1 Å². The molecule has 0 aliphatic heterocycles. The van der Waals surface area contributed by atoms with Crippen LogP contribution in [0.4, 0.5) is 5.69 Å². The molecule has 7 heteroatoms. The van der Waals surface area contributed by atoms with Gasteiger partial charge in [0.05, 0.1) is 17.0 Å². The molecule has 0 saturated heterocycles. The molecular weight excluding hydrogens is 416 g/mol. The number of carbonyl (C=O) groups excluding carboxylic acids is 1. The first-order chi connectivity index (χ1) is 15.0. The first-order valence-corrected chi connectivity index (χ1v) is 10.2. The van der Waals surface area contributed by atoms with Gasteiger partial charge in [0.1, 0.15) is 11.4 Å². The monoisotopic (exact) mass is 434 g/mol. The van der Waals surface area contributed by atoms with Crippen LogP contribution in [0.3, 0.4) is 0 Å². The Morgan fingerprint density at radius 1 is 1.06 bits per heavy atom. The highest BCUT2D eigenvalue weighted by atomic mass is 35.5. The Kier molecular flexibility index (Phi) is 5.73. The van der Waals surface area contributed by atoms with Gasteiger partial charge >= 0.3 is 5.97 Å². The van der Waals surface area contributed by atoms with Gasteiger partial charge in [-0.05, 0) is 36.2 Å². The molecule has 0 fully saturated rings. The largest absolute Gasteiger partial charge is 0.461 e. The third kappa shape index (κ3) is 3.90. The number of nitro benzene ring substituents is 1. The van der Waals surface area contributed by atoms with Gasteiger partial charge in [-0.2, -0.15) is 0 Å². The van der Waals surface area contributed by atoms with E-state index in [9.17, 15) is 14.9 Å². The first kappa shape index (κ1) is 20.6. The summed E-state index contributed by atoms with van der Waals surface area (Å²) in [5, 5.41) is 12.9. The Balaban J connectivity index is 2.07. The quantitative estimate of drug-likeness (QED) is 0.213. The van der Waals surface area contributed by atoms with Gasteiger partial charge in [-0.15, -0.1) is 0 Å². The number of esters is 1. The Labute approximate surface area is 183 Å². The number of ether oxygens (including phenoxy) is 1. The number of nitro groups is 1. The summed E-state index contributed by atoms with van der Waals surface area (Å²) in [6.45, 7) is 1.92. The zero-order chi connectivity index (χ0) is 22.0. The van der Waals surface area contributed by atoms with Crippen molar-refractivity contribution < 1.29 is 14.5 Å². The molecule has 4 aromatic rings. The van der Waals surface area contributed by atoms with Crippen LogP contribution in [0.15, 0.2) is 72.8 Å². The zero-order valence-electron chi connectivity index (χ0n) is 16.7. The highest BCUT2D eigenvalue weighted by Gasteiger charge is 2.28. The van der Waals surface area contributed by atoms with Gasteiger partial charge < -0.3 is 4.74 Å². The van der Waals surface area contributed by atoms with Crippen LogP contribution in [0.1, 0.15) is 28.5 Å².